The van der Waals surface area contributed by atoms with E-state index in [2.05, 4.69) is 27.4 Å². The third-order valence-corrected chi connectivity index (χ3v) is 5.28. The lowest BCUT2D eigenvalue weighted by Gasteiger charge is -2.10. The van der Waals surface area contributed by atoms with E-state index < -0.39 is 5.25 Å². The number of rotatable bonds is 7. The highest BCUT2D eigenvalue weighted by atomic mass is 32.2. The summed E-state index contributed by atoms with van der Waals surface area (Å²) in [7, 11) is 1.80. The van der Waals surface area contributed by atoms with E-state index in [-0.39, 0.29) is 11.5 Å². The lowest BCUT2D eigenvalue weighted by atomic mass is 10.3. The van der Waals surface area contributed by atoms with Crippen molar-refractivity contribution in [1.29, 1.82) is 0 Å². The number of thioether (sulfide) groups is 1. The van der Waals surface area contributed by atoms with Crippen molar-refractivity contribution >= 4 is 17.7 Å². The molecule has 0 aliphatic heterocycles. The van der Waals surface area contributed by atoms with Gasteiger partial charge in [-0.3, -0.25) is 14.3 Å². The second kappa shape index (κ2) is 8.26. The average Bonchev–Trinajstić information content (AvgIpc) is 3.22. The highest BCUT2D eigenvalue weighted by molar-refractivity contribution is 8.00. The second-order valence-electron chi connectivity index (χ2n) is 6.08. The Labute approximate surface area is 166 Å². The summed E-state index contributed by atoms with van der Waals surface area (Å²) in [5, 5.41) is 14.4. The van der Waals surface area contributed by atoms with Gasteiger partial charge in [0.2, 0.25) is 11.1 Å². The molecule has 0 saturated carbocycles. The average molecular weight is 399 g/mol. The number of tetrazole rings is 1. The van der Waals surface area contributed by atoms with Crippen molar-refractivity contribution in [2.45, 2.75) is 24.3 Å². The Morgan fingerprint density at radius 3 is 2.75 bits per heavy atom. The number of nitrogens with zero attached hydrogens (tertiary/aromatic N) is 6. The molecule has 10 heteroatoms. The van der Waals surface area contributed by atoms with Crippen LogP contribution in [0.5, 0.6) is 0 Å². The van der Waals surface area contributed by atoms with E-state index in [0.717, 1.165) is 5.69 Å². The van der Waals surface area contributed by atoms with E-state index in [0.29, 0.717) is 23.1 Å². The number of hydrogen-bond acceptors (Lipinski definition) is 6. The van der Waals surface area contributed by atoms with Crippen LogP contribution in [0.25, 0.3) is 11.4 Å². The topological polar surface area (TPSA) is 99.6 Å². The van der Waals surface area contributed by atoms with Crippen molar-refractivity contribution in [3.05, 3.63) is 59.0 Å². The molecule has 0 bridgehead atoms. The van der Waals surface area contributed by atoms with Crippen LogP contribution in [0.15, 0.2) is 52.9 Å². The van der Waals surface area contributed by atoms with E-state index in [1.54, 1.807) is 29.4 Å². The fraction of sp³-hybridized carbons (Fsp3) is 0.278. The first-order valence-electron chi connectivity index (χ1n) is 8.63. The third kappa shape index (κ3) is 3.63. The normalized spacial score (nSPS) is 12.0. The molecule has 9 nitrogen and oxygen atoms in total. The minimum Gasteiger partial charge on any atom is -0.352 e. The molecule has 1 N–H and O–H groups in total. The molecule has 3 rings (SSSR count). The molecule has 3 aromatic rings. The molecule has 1 aromatic carbocycles. The van der Waals surface area contributed by atoms with Crippen molar-refractivity contribution in [1.82, 2.24) is 34.9 Å². The van der Waals surface area contributed by atoms with E-state index in [1.807, 2.05) is 37.3 Å². The standard InChI is InChI=1S/C18H21N7O2S/c1-5-11-19-16(26)13(3)28-18-20-21-22-24(18)15-12(2)23(4)25(17(15)27)14-9-7-6-8-10-14/h5-10,13H,1,11H2,2-4H3,(H,19,26). The van der Waals surface area contributed by atoms with Crippen LogP contribution in [0.4, 0.5) is 0 Å². The van der Waals surface area contributed by atoms with Gasteiger partial charge in [0.05, 0.1) is 16.6 Å². The molecule has 28 heavy (non-hydrogen) atoms. The molecule has 2 aromatic heterocycles. The summed E-state index contributed by atoms with van der Waals surface area (Å²) in [4.78, 5) is 25.3. The predicted octanol–water partition coefficient (Wildman–Crippen LogP) is 1.24. The summed E-state index contributed by atoms with van der Waals surface area (Å²) in [5.41, 5.74) is 1.54. The first-order chi connectivity index (χ1) is 13.5. The summed E-state index contributed by atoms with van der Waals surface area (Å²) in [6, 6.07) is 9.33. The number of benzene rings is 1. The molecule has 1 amide bonds. The minimum absolute atomic E-state index is 0.161. The number of carbonyl (C=O) groups is 1. The van der Waals surface area contributed by atoms with Crippen LogP contribution >= 0.6 is 11.8 Å². The maximum absolute atomic E-state index is 13.1. The van der Waals surface area contributed by atoms with Crippen LogP contribution < -0.4 is 10.9 Å². The smallest absolute Gasteiger partial charge is 0.297 e. The molecule has 146 valence electrons. The van der Waals surface area contributed by atoms with Crippen molar-refractivity contribution in [3.63, 3.8) is 0 Å². The molecular weight excluding hydrogens is 378 g/mol. The Bertz CT molecular complexity index is 1050. The maximum Gasteiger partial charge on any atom is 0.297 e. The summed E-state index contributed by atoms with van der Waals surface area (Å²) in [6.45, 7) is 7.54. The Morgan fingerprint density at radius 2 is 2.07 bits per heavy atom. The highest BCUT2D eigenvalue weighted by Gasteiger charge is 2.24. The van der Waals surface area contributed by atoms with Gasteiger partial charge in [0.1, 0.15) is 0 Å². The second-order valence-corrected chi connectivity index (χ2v) is 7.39. The van der Waals surface area contributed by atoms with Crippen molar-refractivity contribution in [2.75, 3.05) is 6.54 Å². The van der Waals surface area contributed by atoms with Gasteiger partial charge in [-0.05, 0) is 36.4 Å². The van der Waals surface area contributed by atoms with Gasteiger partial charge in [-0.1, -0.05) is 36.0 Å². The number of amides is 1. The largest absolute Gasteiger partial charge is 0.352 e. The number of para-hydroxylation sites is 1. The maximum atomic E-state index is 13.1. The van der Waals surface area contributed by atoms with Gasteiger partial charge >= 0.3 is 0 Å². The Morgan fingerprint density at radius 1 is 1.36 bits per heavy atom. The molecule has 1 atom stereocenters. The van der Waals surface area contributed by atoms with Crippen molar-refractivity contribution < 1.29 is 4.79 Å². The van der Waals surface area contributed by atoms with Crippen LogP contribution in [0.2, 0.25) is 0 Å². The lowest BCUT2D eigenvalue weighted by molar-refractivity contribution is -0.120. The summed E-state index contributed by atoms with van der Waals surface area (Å²) in [5.74, 6) is -0.161. The van der Waals surface area contributed by atoms with E-state index in [4.69, 9.17) is 0 Å². The van der Waals surface area contributed by atoms with Crippen LogP contribution in [0.1, 0.15) is 12.6 Å². The zero-order valence-corrected chi connectivity index (χ0v) is 16.7. The highest BCUT2D eigenvalue weighted by Crippen LogP contribution is 2.23. The number of carbonyl (C=O) groups excluding carboxylic acids is 1. The molecule has 0 aliphatic rings. The fourth-order valence-electron chi connectivity index (χ4n) is 2.72. The third-order valence-electron chi connectivity index (χ3n) is 4.25. The fourth-order valence-corrected chi connectivity index (χ4v) is 3.54. The van der Waals surface area contributed by atoms with Gasteiger partial charge in [-0.25, -0.2) is 4.68 Å². The van der Waals surface area contributed by atoms with Crippen LogP contribution in [0.3, 0.4) is 0 Å². The van der Waals surface area contributed by atoms with Gasteiger partial charge < -0.3 is 5.32 Å². The lowest BCUT2D eigenvalue weighted by Crippen LogP contribution is -2.31. The SMILES string of the molecule is C=CCNC(=O)C(C)Sc1nnnn1-c1c(C)n(C)n(-c2ccccc2)c1=O. The van der Waals surface area contributed by atoms with Crippen LogP contribution in [0, 0.1) is 6.92 Å². The Balaban J connectivity index is 1.99. The monoisotopic (exact) mass is 399 g/mol. The quantitative estimate of drug-likeness (QED) is 0.474. The summed E-state index contributed by atoms with van der Waals surface area (Å²) >= 11 is 1.18. The zero-order chi connectivity index (χ0) is 20.3. The molecule has 1 unspecified atom stereocenters. The Hall–Kier alpha value is -3.14. The number of hydrogen-bond donors (Lipinski definition) is 1. The van der Waals surface area contributed by atoms with Gasteiger partial charge in [0.25, 0.3) is 5.56 Å². The zero-order valence-electron chi connectivity index (χ0n) is 15.9. The van der Waals surface area contributed by atoms with Gasteiger partial charge in [-0.15, -0.1) is 11.7 Å². The number of aromatic nitrogens is 6. The minimum atomic E-state index is -0.440. The summed E-state index contributed by atoms with van der Waals surface area (Å²) < 4.78 is 4.70. The van der Waals surface area contributed by atoms with Gasteiger partial charge in [0, 0.05) is 13.6 Å². The molecule has 0 saturated heterocycles. The van der Waals surface area contributed by atoms with E-state index in [1.165, 1.54) is 16.4 Å². The first-order valence-corrected chi connectivity index (χ1v) is 9.51. The molecule has 0 radical (unpaired) electrons. The summed E-state index contributed by atoms with van der Waals surface area (Å²) in [6.07, 6.45) is 1.61. The molecule has 0 fully saturated rings. The van der Waals surface area contributed by atoms with Gasteiger partial charge in [0.15, 0.2) is 5.69 Å². The molecule has 0 aliphatic carbocycles. The van der Waals surface area contributed by atoms with Gasteiger partial charge in [-0.2, -0.15) is 4.68 Å². The van der Waals surface area contributed by atoms with Crippen LogP contribution in [-0.4, -0.2) is 47.3 Å². The Kier molecular flexibility index (Phi) is 5.78. The molecule has 0 spiro atoms. The van der Waals surface area contributed by atoms with Crippen molar-refractivity contribution in [2.24, 2.45) is 7.05 Å². The van der Waals surface area contributed by atoms with E-state index >= 15 is 0 Å². The molecule has 2 heterocycles. The van der Waals surface area contributed by atoms with Crippen LogP contribution in [-0.2, 0) is 11.8 Å². The first kappa shape index (κ1) is 19.6. The molecular formula is C18H21N7O2S. The van der Waals surface area contributed by atoms with Crippen molar-refractivity contribution in [3.8, 4) is 11.4 Å². The predicted molar refractivity (Wildman–Crippen MR) is 107 cm³/mol. The number of nitrogens with one attached hydrogen (secondary N) is 1. The van der Waals surface area contributed by atoms with E-state index in [9.17, 15) is 9.59 Å².